The molecule has 0 atom stereocenters. The van der Waals surface area contributed by atoms with Gasteiger partial charge in [-0.25, -0.2) is 22.0 Å². The predicted molar refractivity (Wildman–Crippen MR) is 82.3 cm³/mol. The Morgan fingerprint density at radius 1 is 1.17 bits per heavy atom. The van der Waals surface area contributed by atoms with Gasteiger partial charge in [-0.2, -0.15) is 0 Å². The molecule has 0 fully saturated rings. The zero-order valence-corrected chi connectivity index (χ0v) is 13.3. The van der Waals surface area contributed by atoms with Gasteiger partial charge in [-0.15, -0.1) is 11.8 Å². The highest BCUT2D eigenvalue weighted by Crippen LogP contribution is 2.29. The smallest absolute Gasteiger partial charge is 0.335 e. The summed E-state index contributed by atoms with van der Waals surface area (Å²) in [5.74, 6) is -3.14. The average molecular weight is 359 g/mol. The summed E-state index contributed by atoms with van der Waals surface area (Å²) >= 11 is 1.11. The summed E-state index contributed by atoms with van der Waals surface area (Å²) in [5.41, 5.74) is 0.0559. The number of sulfonamides is 1. The standard InChI is InChI=1S/C14H11F2NO4S2/c1-22-12-6-8(14(18)19)2-5-11(12)17-23(20,21)13-7-9(15)3-4-10(13)16/h2-7,17H,1H3,(H,18,19). The molecule has 2 aromatic rings. The lowest BCUT2D eigenvalue weighted by atomic mass is 10.2. The van der Waals surface area contributed by atoms with Crippen molar-refractivity contribution in [3.8, 4) is 0 Å². The van der Waals surface area contributed by atoms with Gasteiger partial charge in [0.15, 0.2) is 0 Å². The van der Waals surface area contributed by atoms with Crippen LogP contribution in [0.5, 0.6) is 0 Å². The second kappa shape index (κ2) is 6.55. The van der Waals surface area contributed by atoms with Gasteiger partial charge in [0, 0.05) is 4.90 Å². The Kier molecular flexibility index (Phi) is 4.90. The van der Waals surface area contributed by atoms with Crippen LogP contribution in [0.3, 0.4) is 0 Å². The molecule has 0 saturated heterocycles. The quantitative estimate of drug-likeness (QED) is 0.801. The minimum absolute atomic E-state index is 0.0192. The molecule has 0 spiro atoms. The fraction of sp³-hybridized carbons (Fsp3) is 0.0714. The number of carboxylic acid groups (broad SMARTS) is 1. The van der Waals surface area contributed by atoms with Crippen LogP contribution in [0.15, 0.2) is 46.2 Å². The lowest BCUT2D eigenvalue weighted by Gasteiger charge is -2.12. The van der Waals surface area contributed by atoms with E-state index in [1.807, 2.05) is 0 Å². The topological polar surface area (TPSA) is 83.5 Å². The van der Waals surface area contributed by atoms with Gasteiger partial charge in [0.2, 0.25) is 0 Å². The van der Waals surface area contributed by atoms with Gasteiger partial charge in [0.25, 0.3) is 10.0 Å². The molecule has 0 unspecified atom stereocenters. The van der Waals surface area contributed by atoms with E-state index in [1.54, 1.807) is 6.26 Å². The first-order valence-corrected chi connectivity index (χ1v) is 8.84. The van der Waals surface area contributed by atoms with Crippen molar-refractivity contribution in [2.45, 2.75) is 9.79 Å². The molecule has 0 aliphatic carbocycles. The van der Waals surface area contributed by atoms with Crippen LogP contribution >= 0.6 is 11.8 Å². The van der Waals surface area contributed by atoms with Crippen LogP contribution in [0, 0.1) is 11.6 Å². The molecule has 0 radical (unpaired) electrons. The van der Waals surface area contributed by atoms with Crippen molar-refractivity contribution in [3.05, 3.63) is 53.6 Å². The normalized spacial score (nSPS) is 11.3. The third kappa shape index (κ3) is 3.80. The SMILES string of the molecule is CSc1cc(C(=O)O)ccc1NS(=O)(=O)c1cc(F)ccc1F. The summed E-state index contributed by atoms with van der Waals surface area (Å²) in [6.07, 6.45) is 1.63. The van der Waals surface area contributed by atoms with Crippen LogP contribution in [0.2, 0.25) is 0 Å². The molecular formula is C14H11F2NO4S2. The molecule has 0 aliphatic heterocycles. The Morgan fingerprint density at radius 3 is 2.48 bits per heavy atom. The zero-order chi connectivity index (χ0) is 17.2. The van der Waals surface area contributed by atoms with E-state index in [0.717, 1.165) is 17.8 Å². The van der Waals surface area contributed by atoms with Crippen molar-refractivity contribution in [1.82, 2.24) is 0 Å². The first kappa shape index (κ1) is 17.2. The van der Waals surface area contributed by atoms with Gasteiger partial charge in [0.05, 0.1) is 11.3 Å². The van der Waals surface area contributed by atoms with Gasteiger partial charge in [-0.3, -0.25) is 4.72 Å². The second-order valence-electron chi connectivity index (χ2n) is 4.40. The number of rotatable bonds is 5. The van der Waals surface area contributed by atoms with E-state index in [4.69, 9.17) is 5.11 Å². The zero-order valence-electron chi connectivity index (χ0n) is 11.7. The minimum Gasteiger partial charge on any atom is -0.478 e. The molecule has 2 aromatic carbocycles. The van der Waals surface area contributed by atoms with E-state index in [-0.39, 0.29) is 11.3 Å². The van der Waals surface area contributed by atoms with E-state index in [2.05, 4.69) is 4.72 Å². The van der Waals surface area contributed by atoms with Crippen LogP contribution in [0.4, 0.5) is 14.5 Å². The number of carboxylic acids is 1. The van der Waals surface area contributed by atoms with E-state index in [1.165, 1.54) is 18.2 Å². The molecular weight excluding hydrogens is 348 g/mol. The summed E-state index contributed by atoms with van der Waals surface area (Å²) in [5, 5.41) is 8.93. The summed E-state index contributed by atoms with van der Waals surface area (Å²) in [4.78, 5) is 10.4. The fourth-order valence-electron chi connectivity index (χ4n) is 1.79. The van der Waals surface area contributed by atoms with Gasteiger partial charge in [-0.05, 0) is 42.7 Å². The van der Waals surface area contributed by atoms with Gasteiger partial charge < -0.3 is 5.11 Å². The van der Waals surface area contributed by atoms with Crippen LogP contribution in [0.1, 0.15) is 10.4 Å². The molecule has 0 aromatic heterocycles. The van der Waals surface area contributed by atoms with Crippen LogP contribution in [-0.4, -0.2) is 25.7 Å². The molecule has 0 heterocycles. The van der Waals surface area contributed by atoms with E-state index < -0.39 is 32.5 Å². The summed E-state index contributed by atoms with van der Waals surface area (Å²) in [7, 11) is -4.36. The average Bonchev–Trinajstić information content (AvgIpc) is 2.49. The number of benzene rings is 2. The van der Waals surface area contributed by atoms with E-state index in [9.17, 15) is 22.0 Å². The Balaban J connectivity index is 2.45. The lowest BCUT2D eigenvalue weighted by molar-refractivity contribution is 0.0696. The third-order valence-corrected chi connectivity index (χ3v) is 5.03. The maximum Gasteiger partial charge on any atom is 0.335 e. The summed E-state index contributed by atoms with van der Waals surface area (Å²) < 4.78 is 53.4. The van der Waals surface area contributed by atoms with Crippen molar-refractivity contribution >= 4 is 33.4 Å². The maximum atomic E-state index is 13.7. The third-order valence-electron chi connectivity index (χ3n) is 2.88. The number of carbonyl (C=O) groups is 1. The maximum absolute atomic E-state index is 13.7. The molecule has 0 saturated carbocycles. The number of thioether (sulfide) groups is 1. The first-order valence-electron chi connectivity index (χ1n) is 6.14. The Morgan fingerprint density at radius 2 is 1.87 bits per heavy atom. The summed E-state index contributed by atoms with van der Waals surface area (Å²) in [6.45, 7) is 0. The largest absolute Gasteiger partial charge is 0.478 e. The molecule has 0 aliphatic rings. The fourth-order valence-corrected chi connectivity index (χ4v) is 3.61. The molecule has 5 nitrogen and oxygen atoms in total. The number of nitrogens with one attached hydrogen (secondary N) is 1. The Hall–Kier alpha value is -2.13. The highest BCUT2D eigenvalue weighted by atomic mass is 32.2. The molecule has 0 amide bonds. The molecule has 9 heteroatoms. The second-order valence-corrected chi connectivity index (χ2v) is 6.90. The molecule has 122 valence electrons. The Bertz CT molecular complexity index is 869. The van der Waals surface area contributed by atoms with Crippen molar-refractivity contribution in [2.75, 3.05) is 11.0 Å². The van der Waals surface area contributed by atoms with Crippen LogP contribution < -0.4 is 4.72 Å². The highest BCUT2D eigenvalue weighted by Gasteiger charge is 2.21. The van der Waals surface area contributed by atoms with Crippen molar-refractivity contribution in [1.29, 1.82) is 0 Å². The van der Waals surface area contributed by atoms with Gasteiger partial charge in [0.1, 0.15) is 16.5 Å². The molecule has 2 N–H and O–H groups in total. The van der Waals surface area contributed by atoms with Gasteiger partial charge in [-0.1, -0.05) is 0 Å². The lowest BCUT2D eigenvalue weighted by Crippen LogP contribution is -2.15. The van der Waals surface area contributed by atoms with E-state index >= 15 is 0 Å². The highest BCUT2D eigenvalue weighted by molar-refractivity contribution is 7.99. The van der Waals surface area contributed by atoms with Crippen molar-refractivity contribution < 1.29 is 27.1 Å². The summed E-state index contributed by atoms with van der Waals surface area (Å²) in [6, 6.07) is 5.84. The number of hydrogen-bond acceptors (Lipinski definition) is 4. The van der Waals surface area contributed by atoms with Crippen molar-refractivity contribution in [2.24, 2.45) is 0 Å². The number of aromatic carboxylic acids is 1. The van der Waals surface area contributed by atoms with E-state index in [0.29, 0.717) is 17.0 Å². The number of halogens is 2. The number of anilines is 1. The molecule has 2 rings (SSSR count). The Labute approximate surface area is 135 Å². The monoisotopic (exact) mass is 359 g/mol. The molecule has 23 heavy (non-hydrogen) atoms. The van der Waals surface area contributed by atoms with Crippen molar-refractivity contribution in [3.63, 3.8) is 0 Å². The number of hydrogen-bond donors (Lipinski definition) is 2. The van der Waals surface area contributed by atoms with Crippen LogP contribution in [0.25, 0.3) is 0 Å². The first-order chi connectivity index (χ1) is 10.7. The predicted octanol–water partition coefficient (Wildman–Crippen LogP) is 3.19. The van der Waals surface area contributed by atoms with Crippen LogP contribution in [-0.2, 0) is 10.0 Å². The molecule has 0 bridgehead atoms. The minimum atomic E-state index is -4.36. The van der Waals surface area contributed by atoms with Gasteiger partial charge >= 0.3 is 5.97 Å².